The van der Waals surface area contributed by atoms with Gasteiger partial charge < -0.3 is 9.84 Å². The molecule has 0 saturated carbocycles. The third-order valence-electron chi connectivity index (χ3n) is 1.87. The van der Waals surface area contributed by atoms with Gasteiger partial charge in [-0.1, -0.05) is 5.21 Å². The average Bonchev–Trinajstić information content (AvgIpc) is 2.65. The van der Waals surface area contributed by atoms with Gasteiger partial charge in [0.25, 0.3) is 0 Å². The van der Waals surface area contributed by atoms with Crippen LogP contribution in [0.5, 0.6) is 0 Å². The van der Waals surface area contributed by atoms with E-state index in [9.17, 15) is 0 Å². The van der Waals surface area contributed by atoms with Gasteiger partial charge in [-0.25, -0.2) is 0 Å². The van der Waals surface area contributed by atoms with Crippen molar-refractivity contribution in [2.45, 2.75) is 26.3 Å². The summed E-state index contributed by atoms with van der Waals surface area (Å²) < 4.78 is 6.94. The van der Waals surface area contributed by atoms with E-state index >= 15 is 0 Å². The van der Waals surface area contributed by atoms with Crippen LogP contribution in [0.3, 0.4) is 0 Å². The molecule has 0 fully saturated rings. The van der Waals surface area contributed by atoms with E-state index < -0.39 is 0 Å². The predicted octanol–water partition coefficient (Wildman–Crippen LogP) is 0.239. The number of aliphatic hydroxyl groups is 1. The van der Waals surface area contributed by atoms with Gasteiger partial charge in [-0.2, -0.15) is 0 Å². The fourth-order valence-corrected chi connectivity index (χ4v) is 1.13. The van der Waals surface area contributed by atoms with Crippen molar-refractivity contribution in [3.63, 3.8) is 0 Å². The Hall–Kier alpha value is -0.940. The molecule has 0 radical (unpaired) electrons. The van der Waals surface area contributed by atoms with Crippen molar-refractivity contribution in [3.8, 4) is 0 Å². The highest BCUT2D eigenvalue weighted by Crippen LogP contribution is 1.98. The summed E-state index contributed by atoms with van der Waals surface area (Å²) in [6.07, 6.45) is 3.75. The van der Waals surface area contributed by atoms with Crippen LogP contribution in [-0.2, 0) is 17.7 Å². The normalized spacial score (nSPS) is 10.7. The first-order valence-electron chi connectivity index (χ1n) is 4.94. The van der Waals surface area contributed by atoms with E-state index in [4.69, 9.17) is 9.84 Å². The summed E-state index contributed by atoms with van der Waals surface area (Å²) in [5, 5.41) is 16.4. The van der Waals surface area contributed by atoms with Gasteiger partial charge in [-0.05, 0) is 19.8 Å². The molecule has 0 unspecified atom stereocenters. The maximum atomic E-state index is 8.47. The summed E-state index contributed by atoms with van der Waals surface area (Å²) >= 11 is 0. The van der Waals surface area contributed by atoms with Gasteiger partial charge in [-0.15, -0.1) is 5.10 Å². The standard InChI is InChI=1S/C9H17N3O2/c1-2-12-8-9(10-11-12)4-3-6-14-7-5-13/h8,13H,2-7H2,1H3. The summed E-state index contributed by atoms with van der Waals surface area (Å²) in [6.45, 7) is 4.06. The van der Waals surface area contributed by atoms with Crippen LogP contribution >= 0.6 is 0 Å². The maximum Gasteiger partial charge on any atom is 0.0828 e. The second kappa shape index (κ2) is 6.50. The zero-order valence-electron chi connectivity index (χ0n) is 8.52. The minimum absolute atomic E-state index is 0.0893. The lowest BCUT2D eigenvalue weighted by atomic mass is 10.2. The van der Waals surface area contributed by atoms with Crippen molar-refractivity contribution in [1.29, 1.82) is 0 Å². The molecule has 1 N–H and O–H groups in total. The molecule has 0 aliphatic rings. The van der Waals surface area contributed by atoms with E-state index in [1.807, 2.05) is 17.8 Å². The highest BCUT2D eigenvalue weighted by atomic mass is 16.5. The van der Waals surface area contributed by atoms with Crippen molar-refractivity contribution >= 4 is 0 Å². The van der Waals surface area contributed by atoms with Crippen molar-refractivity contribution in [2.75, 3.05) is 19.8 Å². The van der Waals surface area contributed by atoms with Crippen molar-refractivity contribution in [2.24, 2.45) is 0 Å². The molecular weight excluding hydrogens is 182 g/mol. The molecule has 0 saturated heterocycles. The van der Waals surface area contributed by atoms with E-state index in [0.717, 1.165) is 25.1 Å². The van der Waals surface area contributed by atoms with Crippen LogP contribution in [0.25, 0.3) is 0 Å². The van der Waals surface area contributed by atoms with Gasteiger partial charge in [0.1, 0.15) is 0 Å². The maximum absolute atomic E-state index is 8.47. The third kappa shape index (κ3) is 3.85. The molecule has 5 heteroatoms. The number of nitrogens with zero attached hydrogens (tertiary/aromatic N) is 3. The number of rotatable bonds is 7. The Morgan fingerprint density at radius 3 is 3.00 bits per heavy atom. The van der Waals surface area contributed by atoms with Gasteiger partial charge in [0, 0.05) is 19.3 Å². The number of aryl methyl sites for hydroxylation is 2. The zero-order chi connectivity index (χ0) is 10.2. The van der Waals surface area contributed by atoms with Gasteiger partial charge in [0.15, 0.2) is 0 Å². The SMILES string of the molecule is CCn1cc(CCCOCCO)nn1. The van der Waals surface area contributed by atoms with Gasteiger partial charge in [-0.3, -0.25) is 4.68 Å². The molecule has 14 heavy (non-hydrogen) atoms. The lowest BCUT2D eigenvalue weighted by Gasteiger charge is -1.99. The molecule has 0 atom stereocenters. The molecule has 0 bridgehead atoms. The first kappa shape index (κ1) is 11.1. The molecule has 1 heterocycles. The van der Waals surface area contributed by atoms with Crippen molar-refractivity contribution in [1.82, 2.24) is 15.0 Å². The van der Waals surface area contributed by atoms with E-state index in [1.165, 1.54) is 0 Å². The summed E-state index contributed by atoms with van der Waals surface area (Å²) in [5.74, 6) is 0. The first-order valence-corrected chi connectivity index (χ1v) is 4.94. The molecule has 1 aromatic heterocycles. The van der Waals surface area contributed by atoms with E-state index in [2.05, 4.69) is 10.3 Å². The van der Waals surface area contributed by atoms with E-state index in [1.54, 1.807) is 0 Å². The summed E-state index contributed by atoms with van der Waals surface area (Å²) in [6, 6.07) is 0. The van der Waals surface area contributed by atoms with Gasteiger partial charge in [0.2, 0.25) is 0 Å². The Bertz CT molecular complexity index is 250. The highest BCUT2D eigenvalue weighted by molar-refractivity contribution is 4.91. The second-order valence-corrected chi connectivity index (χ2v) is 3.01. The predicted molar refractivity (Wildman–Crippen MR) is 51.9 cm³/mol. The van der Waals surface area contributed by atoms with Gasteiger partial charge >= 0.3 is 0 Å². The fraction of sp³-hybridized carbons (Fsp3) is 0.778. The lowest BCUT2D eigenvalue weighted by molar-refractivity contribution is 0.0908. The van der Waals surface area contributed by atoms with Gasteiger partial charge in [0.05, 0.1) is 18.9 Å². The average molecular weight is 199 g/mol. The number of aromatic nitrogens is 3. The molecular formula is C9H17N3O2. The van der Waals surface area contributed by atoms with Crippen LogP contribution in [0, 0.1) is 0 Å². The van der Waals surface area contributed by atoms with Crippen LogP contribution in [-0.4, -0.2) is 39.9 Å². The zero-order valence-corrected chi connectivity index (χ0v) is 8.52. The van der Waals surface area contributed by atoms with Crippen LogP contribution in [0.15, 0.2) is 6.20 Å². The molecule has 1 aromatic rings. The Labute approximate surface area is 83.7 Å². The number of hydrogen-bond donors (Lipinski definition) is 1. The minimum Gasteiger partial charge on any atom is -0.394 e. The van der Waals surface area contributed by atoms with Crippen molar-refractivity contribution < 1.29 is 9.84 Å². The second-order valence-electron chi connectivity index (χ2n) is 3.01. The number of ether oxygens (including phenoxy) is 1. The molecule has 0 aliphatic carbocycles. The Morgan fingerprint density at radius 1 is 1.50 bits per heavy atom. The van der Waals surface area contributed by atoms with Crippen LogP contribution in [0.2, 0.25) is 0 Å². The fourth-order valence-electron chi connectivity index (χ4n) is 1.13. The third-order valence-corrected chi connectivity index (χ3v) is 1.87. The van der Waals surface area contributed by atoms with Crippen LogP contribution in [0.1, 0.15) is 19.0 Å². The molecule has 1 rings (SSSR count). The summed E-state index contributed by atoms with van der Waals surface area (Å²) in [5.41, 5.74) is 0.999. The Morgan fingerprint density at radius 2 is 2.36 bits per heavy atom. The summed E-state index contributed by atoms with van der Waals surface area (Å²) in [4.78, 5) is 0. The molecule has 0 spiro atoms. The minimum atomic E-state index is 0.0893. The molecule has 80 valence electrons. The molecule has 5 nitrogen and oxygen atoms in total. The Kier molecular flexibility index (Phi) is 5.17. The molecule has 0 aromatic carbocycles. The quantitative estimate of drug-likeness (QED) is 0.639. The molecule has 0 amide bonds. The number of hydrogen-bond acceptors (Lipinski definition) is 4. The Balaban J connectivity index is 2.12. The molecule has 0 aliphatic heterocycles. The van der Waals surface area contributed by atoms with E-state index in [0.29, 0.717) is 13.2 Å². The number of aliphatic hydroxyl groups excluding tert-OH is 1. The monoisotopic (exact) mass is 199 g/mol. The first-order chi connectivity index (χ1) is 6.86. The topological polar surface area (TPSA) is 60.2 Å². The lowest BCUT2D eigenvalue weighted by Crippen LogP contribution is -2.01. The highest BCUT2D eigenvalue weighted by Gasteiger charge is 1.98. The van der Waals surface area contributed by atoms with Crippen LogP contribution < -0.4 is 0 Å². The largest absolute Gasteiger partial charge is 0.394 e. The smallest absolute Gasteiger partial charge is 0.0828 e. The summed E-state index contributed by atoms with van der Waals surface area (Å²) in [7, 11) is 0. The van der Waals surface area contributed by atoms with E-state index in [-0.39, 0.29) is 6.61 Å². The van der Waals surface area contributed by atoms with Crippen molar-refractivity contribution in [3.05, 3.63) is 11.9 Å². The van der Waals surface area contributed by atoms with Crippen LogP contribution in [0.4, 0.5) is 0 Å².